The summed E-state index contributed by atoms with van der Waals surface area (Å²) in [4.78, 5) is 7.09. The molecule has 0 aliphatic rings. The number of rotatable bonds is 3. The Morgan fingerprint density at radius 3 is 3.08 bits per heavy atom. The minimum Gasteiger partial charge on any atom is -0.346 e. The van der Waals surface area contributed by atoms with Crippen LogP contribution in [0.1, 0.15) is 24.4 Å². The smallest absolute Gasteiger partial charge is 0.0929 e. The Morgan fingerprint density at radius 1 is 1.75 bits per heavy atom. The summed E-state index contributed by atoms with van der Waals surface area (Å²) < 4.78 is 0. The summed E-state index contributed by atoms with van der Waals surface area (Å²) in [5.41, 5.74) is 7.53. The van der Waals surface area contributed by atoms with E-state index in [9.17, 15) is 0 Å². The Kier molecular flexibility index (Phi) is 2.82. The van der Waals surface area contributed by atoms with Crippen molar-refractivity contribution in [2.75, 3.05) is 0 Å². The second-order valence-corrected chi connectivity index (χ2v) is 2.46. The van der Waals surface area contributed by atoms with Crippen molar-refractivity contribution in [2.45, 2.75) is 13.0 Å². The molecular weight excluding hydrogens is 150 g/mol. The maximum atomic E-state index is 5.75. The highest BCUT2D eigenvalue weighted by Crippen LogP contribution is 2.13. The number of aromatic amines is 1. The van der Waals surface area contributed by atoms with Crippen LogP contribution in [0.15, 0.2) is 25.1 Å². The van der Waals surface area contributed by atoms with Gasteiger partial charge in [0.1, 0.15) is 0 Å². The Labute approximate surface area is 72.0 Å². The largest absolute Gasteiger partial charge is 0.346 e. The first-order chi connectivity index (χ1) is 5.79. The van der Waals surface area contributed by atoms with Gasteiger partial charge < -0.3 is 10.7 Å². The van der Waals surface area contributed by atoms with Gasteiger partial charge in [0, 0.05) is 0 Å². The van der Waals surface area contributed by atoms with Crippen molar-refractivity contribution in [3.63, 3.8) is 0 Å². The fourth-order valence-corrected chi connectivity index (χ4v) is 0.990. The standard InChI is InChI=1S/C9H13N3/c1-3-5-8-9(7(10)4-2)12-6-11-8/h3-7H,2,10H2,1H3,(H,11,12)/b5-3+. The SMILES string of the molecule is C=CC(N)c1[nH]cnc1/C=C/C. The Balaban J connectivity index is 2.98. The lowest BCUT2D eigenvalue weighted by atomic mass is 10.2. The van der Waals surface area contributed by atoms with Crippen molar-refractivity contribution in [1.82, 2.24) is 9.97 Å². The number of hydrogen-bond donors (Lipinski definition) is 2. The van der Waals surface area contributed by atoms with Crippen LogP contribution < -0.4 is 5.73 Å². The van der Waals surface area contributed by atoms with E-state index in [0.29, 0.717) is 0 Å². The van der Waals surface area contributed by atoms with Crippen molar-refractivity contribution in [1.29, 1.82) is 0 Å². The number of nitrogens with one attached hydrogen (secondary N) is 1. The molecule has 0 spiro atoms. The van der Waals surface area contributed by atoms with Gasteiger partial charge in [0.15, 0.2) is 0 Å². The van der Waals surface area contributed by atoms with Gasteiger partial charge in [-0.2, -0.15) is 0 Å². The molecule has 3 heteroatoms. The van der Waals surface area contributed by atoms with Crippen molar-refractivity contribution in [3.05, 3.63) is 36.4 Å². The van der Waals surface area contributed by atoms with E-state index >= 15 is 0 Å². The first-order valence-corrected chi connectivity index (χ1v) is 3.83. The molecule has 0 aliphatic heterocycles. The zero-order chi connectivity index (χ0) is 8.97. The van der Waals surface area contributed by atoms with E-state index in [1.54, 1.807) is 12.4 Å². The molecule has 0 radical (unpaired) electrons. The number of allylic oxidation sites excluding steroid dienone is 1. The molecule has 1 aromatic heterocycles. The summed E-state index contributed by atoms with van der Waals surface area (Å²) in [6.45, 7) is 5.56. The van der Waals surface area contributed by atoms with Gasteiger partial charge in [0.05, 0.1) is 23.8 Å². The number of imidazole rings is 1. The first kappa shape index (κ1) is 8.74. The van der Waals surface area contributed by atoms with Crippen LogP contribution in [-0.2, 0) is 0 Å². The van der Waals surface area contributed by atoms with E-state index in [2.05, 4.69) is 16.5 Å². The summed E-state index contributed by atoms with van der Waals surface area (Å²) in [6, 6.07) is -0.168. The van der Waals surface area contributed by atoms with E-state index < -0.39 is 0 Å². The summed E-state index contributed by atoms with van der Waals surface area (Å²) in [5, 5.41) is 0. The molecule has 1 atom stereocenters. The number of nitrogens with zero attached hydrogens (tertiary/aromatic N) is 1. The van der Waals surface area contributed by atoms with Gasteiger partial charge in [-0.3, -0.25) is 0 Å². The molecule has 0 saturated carbocycles. The van der Waals surface area contributed by atoms with Crippen LogP contribution in [0.4, 0.5) is 0 Å². The van der Waals surface area contributed by atoms with E-state index in [1.807, 2.05) is 19.1 Å². The molecule has 0 aromatic carbocycles. The molecule has 0 aliphatic carbocycles. The molecule has 1 unspecified atom stereocenters. The second-order valence-electron chi connectivity index (χ2n) is 2.46. The van der Waals surface area contributed by atoms with Crippen molar-refractivity contribution >= 4 is 6.08 Å². The van der Waals surface area contributed by atoms with E-state index in [-0.39, 0.29) is 6.04 Å². The summed E-state index contributed by atoms with van der Waals surface area (Å²) in [7, 11) is 0. The minimum absolute atomic E-state index is 0.168. The topological polar surface area (TPSA) is 54.7 Å². The summed E-state index contributed by atoms with van der Waals surface area (Å²) >= 11 is 0. The fourth-order valence-electron chi connectivity index (χ4n) is 0.990. The van der Waals surface area contributed by atoms with Gasteiger partial charge >= 0.3 is 0 Å². The van der Waals surface area contributed by atoms with Crippen LogP contribution in [0.25, 0.3) is 6.08 Å². The van der Waals surface area contributed by atoms with E-state index in [1.165, 1.54) is 0 Å². The lowest BCUT2D eigenvalue weighted by molar-refractivity contribution is 0.872. The highest BCUT2D eigenvalue weighted by atomic mass is 14.9. The third-order valence-corrected chi connectivity index (χ3v) is 1.61. The molecule has 3 nitrogen and oxygen atoms in total. The van der Waals surface area contributed by atoms with Crippen LogP contribution >= 0.6 is 0 Å². The van der Waals surface area contributed by atoms with Crippen LogP contribution in [0.2, 0.25) is 0 Å². The van der Waals surface area contributed by atoms with Crippen molar-refractivity contribution in [2.24, 2.45) is 5.73 Å². The average molecular weight is 163 g/mol. The van der Waals surface area contributed by atoms with Gasteiger partial charge in [-0.25, -0.2) is 4.98 Å². The number of nitrogens with two attached hydrogens (primary N) is 1. The third kappa shape index (κ3) is 1.62. The monoisotopic (exact) mass is 163 g/mol. The molecule has 0 amide bonds. The van der Waals surface area contributed by atoms with Crippen LogP contribution in [0.5, 0.6) is 0 Å². The van der Waals surface area contributed by atoms with Crippen molar-refractivity contribution < 1.29 is 0 Å². The average Bonchev–Trinajstić information content (AvgIpc) is 2.52. The zero-order valence-electron chi connectivity index (χ0n) is 7.12. The van der Waals surface area contributed by atoms with Crippen molar-refractivity contribution in [3.8, 4) is 0 Å². The maximum absolute atomic E-state index is 5.75. The second kappa shape index (κ2) is 3.88. The molecule has 1 rings (SSSR count). The summed E-state index contributed by atoms with van der Waals surface area (Å²) in [6.07, 6.45) is 7.15. The molecular formula is C9H13N3. The quantitative estimate of drug-likeness (QED) is 0.665. The molecule has 3 N–H and O–H groups in total. The molecule has 0 bridgehead atoms. The third-order valence-electron chi connectivity index (χ3n) is 1.61. The van der Waals surface area contributed by atoms with Gasteiger partial charge in [0.2, 0.25) is 0 Å². The van der Waals surface area contributed by atoms with Crippen LogP contribution in [0, 0.1) is 0 Å². The van der Waals surface area contributed by atoms with E-state index in [4.69, 9.17) is 5.73 Å². The number of H-pyrrole nitrogens is 1. The molecule has 0 fully saturated rings. The predicted octanol–water partition coefficient (Wildman–Crippen LogP) is 1.63. The lowest BCUT2D eigenvalue weighted by Crippen LogP contribution is -2.08. The Bertz CT molecular complexity index is 286. The minimum atomic E-state index is -0.168. The molecule has 12 heavy (non-hydrogen) atoms. The maximum Gasteiger partial charge on any atom is 0.0929 e. The molecule has 0 saturated heterocycles. The van der Waals surface area contributed by atoms with Crippen LogP contribution in [0.3, 0.4) is 0 Å². The van der Waals surface area contributed by atoms with Gasteiger partial charge in [-0.05, 0) is 13.0 Å². The Morgan fingerprint density at radius 2 is 2.50 bits per heavy atom. The highest BCUT2D eigenvalue weighted by Gasteiger charge is 2.07. The summed E-state index contributed by atoms with van der Waals surface area (Å²) in [5.74, 6) is 0. The number of hydrogen-bond acceptors (Lipinski definition) is 2. The lowest BCUT2D eigenvalue weighted by Gasteiger charge is -2.03. The van der Waals surface area contributed by atoms with Crippen LogP contribution in [-0.4, -0.2) is 9.97 Å². The van der Waals surface area contributed by atoms with Gasteiger partial charge in [0.25, 0.3) is 0 Å². The van der Waals surface area contributed by atoms with E-state index in [0.717, 1.165) is 11.4 Å². The number of aromatic nitrogens is 2. The molecule has 64 valence electrons. The fraction of sp³-hybridized carbons (Fsp3) is 0.222. The molecule has 1 aromatic rings. The Hall–Kier alpha value is -1.35. The predicted molar refractivity (Wildman–Crippen MR) is 50.4 cm³/mol. The molecule has 1 heterocycles. The first-order valence-electron chi connectivity index (χ1n) is 3.83. The normalized spacial score (nSPS) is 13.5. The van der Waals surface area contributed by atoms with Gasteiger partial charge in [-0.15, -0.1) is 6.58 Å². The van der Waals surface area contributed by atoms with Gasteiger partial charge in [-0.1, -0.05) is 12.2 Å². The highest BCUT2D eigenvalue weighted by molar-refractivity contribution is 5.48. The zero-order valence-corrected chi connectivity index (χ0v) is 7.12.